The second-order valence-electron chi connectivity index (χ2n) is 10.5. The van der Waals surface area contributed by atoms with Crippen LogP contribution >= 0.6 is 43.2 Å². The number of likely N-dealkylation sites (N-methyl/N-ethyl adjacent to an activating group) is 2. The molecule has 0 spiro atoms. The van der Waals surface area contributed by atoms with Crippen LogP contribution in [0.2, 0.25) is 0 Å². The van der Waals surface area contributed by atoms with Crippen LogP contribution in [0.4, 0.5) is 21.4 Å². The van der Waals surface area contributed by atoms with Crippen molar-refractivity contribution in [3.8, 4) is 0 Å². The van der Waals surface area contributed by atoms with Crippen molar-refractivity contribution in [1.29, 1.82) is 0 Å². The molecule has 0 aliphatic rings. The van der Waals surface area contributed by atoms with E-state index >= 15 is 0 Å². The number of hydrogen-bond acceptors (Lipinski definition) is 11. The average Bonchev–Trinajstić information content (AvgIpc) is 3.01. The Hall–Kier alpha value is -1.18. The lowest BCUT2D eigenvalue weighted by Crippen LogP contribution is -2.35. The Morgan fingerprint density at radius 3 is 2.00 bits per heavy atom. The van der Waals surface area contributed by atoms with E-state index < -0.39 is 6.09 Å². The van der Waals surface area contributed by atoms with Gasteiger partial charge in [0.1, 0.15) is 19.0 Å². The van der Waals surface area contributed by atoms with E-state index in [4.69, 9.17) is 9.47 Å². The summed E-state index contributed by atoms with van der Waals surface area (Å²) in [6.07, 6.45) is 10.8. The maximum Gasteiger partial charge on any atom is 0.414 e. The van der Waals surface area contributed by atoms with E-state index in [1.165, 1.54) is 51.4 Å². The van der Waals surface area contributed by atoms with E-state index in [0.717, 1.165) is 34.8 Å². The fourth-order valence-electron chi connectivity index (χ4n) is 3.90. The fourth-order valence-corrected chi connectivity index (χ4v) is 8.67. The molecule has 2 atom stereocenters. The monoisotopic (exact) mass is 677 g/mol. The van der Waals surface area contributed by atoms with Crippen LogP contribution in [0.15, 0.2) is 12.3 Å². The first-order valence-corrected chi connectivity index (χ1v) is 20.7. The summed E-state index contributed by atoms with van der Waals surface area (Å²) < 4.78 is 10.7. The van der Waals surface area contributed by atoms with Crippen molar-refractivity contribution < 1.29 is 19.1 Å². The van der Waals surface area contributed by atoms with Crippen LogP contribution in [0.3, 0.4) is 0 Å². The van der Waals surface area contributed by atoms with Gasteiger partial charge in [0.05, 0.1) is 0 Å². The molecule has 0 saturated carbocycles. The molecule has 0 bridgehead atoms. The highest BCUT2D eigenvalue weighted by atomic mass is 33.1. The molecular weight excluding hydrogens is 623 g/mol. The third-order valence-electron chi connectivity index (χ3n) is 6.98. The summed E-state index contributed by atoms with van der Waals surface area (Å²) in [6, 6.07) is 1.76. The number of unbranched alkanes of at least 4 members (excludes halogenated alkanes) is 2. The molecule has 0 aliphatic heterocycles. The zero-order valence-electron chi connectivity index (χ0n) is 27.2. The molecule has 9 nitrogen and oxygen atoms in total. The second-order valence-corrected chi connectivity index (χ2v) is 15.8. The number of nitrogens with zero attached hydrogens (tertiary/aromatic N) is 4. The first-order valence-electron chi connectivity index (χ1n) is 15.7. The molecule has 0 saturated heterocycles. The molecule has 1 N–H and O–H groups in total. The van der Waals surface area contributed by atoms with Crippen molar-refractivity contribution in [2.24, 2.45) is 11.8 Å². The van der Waals surface area contributed by atoms with Gasteiger partial charge in [0.2, 0.25) is 5.95 Å². The van der Waals surface area contributed by atoms with Crippen molar-refractivity contribution in [2.75, 3.05) is 73.6 Å². The lowest BCUT2D eigenvalue weighted by atomic mass is 10.0. The van der Waals surface area contributed by atoms with E-state index in [9.17, 15) is 9.59 Å². The van der Waals surface area contributed by atoms with E-state index in [2.05, 4.69) is 43.0 Å². The molecule has 0 radical (unpaired) electrons. The predicted molar refractivity (Wildman–Crippen MR) is 191 cm³/mol. The van der Waals surface area contributed by atoms with Crippen LogP contribution in [-0.2, 0) is 9.47 Å². The number of aromatic nitrogens is 2. The molecule has 1 aromatic heterocycles. The Balaban J connectivity index is 2.26. The average molecular weight is 678 g/mol. The van der Waals surface area contributed by atoms with Gasteiger partial charge in [0, 0.05) is 56.4 Å². The van der Waals surface area contributed by atoms with E-state index in [1.54, 1.807) is 45.8 Å². The van der Waals surface area contributed by atoms with Crippen LogP contribution in [0.1, 0.15) is 79.1 Å². The van der Waals surface area contributed by atoms with Gasteiger partial charge in [0.15, 0.2) is 0 Å². The van der Waals surface area contributed by atoms with E-state index in [1.807, 2.05) is 33.5 Å². The maximum absolute atomic E-state index is 12.4. The minimum Gasteiger partial charge on any atom is -0.449 e. The number of amides is 2. The van der Waals surface area contributed by atoms with Crippen molar-refractivity contribution >= 4 is 67.1 Å². The van der Waals surface area contributed by atoms with Gasteiger partial charge in [-0.05, 0) is 30.7 Å². The van der Waals surface area contributed by atoms with Crippen molar-refractivity contribution in [2.45, 2.75) is 79.1 Å². The zero-order valence-corrected chi connectivity index (χ0v) is 30.4. The summed E-state index contributed by atoms with van der Waals surface area (Å²) in [6.45, 7) is 10.7. The lowest BCUT2D eigenvalue weighted by molar-refractivity contribution is 0.118. The Bertz CT molecular complexity index is 874. The van der Waals surface area contributed by atoms with Crippen molar-refractivity contribution in [1.82, 2.24) is 14.9 Å². The molecule has 0 fully saturated rings. The molecule has 0 aromatic carbocycles. The van der Waals surface area contributed by atoms with Gasteiger partial charge in [-0.25, -0.2) is 14.6 Å². The second kappa shape index (κ2) is 26.1. The number of hydrogen-bond donors (Lipinski definition) is 1. The van der Waals surface area contributed by atoms with Crippen molar-refractivity contribution in [3.63, 3.8) is 0 Å². The smallest absolute Gasteiger partial charge is 0.414 e. The molecule has 248 valence electrons. The number of carbonyl (C=O) groups excluding carboxylic acids is 2. The van der Waals surface area contributed by atoms with E-state index in [0.29, 0.717) is 32.1 Å². The summed E-state index contributed by atoms with van der Waals surface area (Å²) in [5.74, 6) is 6.14. The predicted octanol–water partition coefficient (Wildman–Crippen LogP) is 8.73. The van der Waals surface area contributed by atoms with Gasteiger partial charge in [0.25, 0.3) is 0 Å². The van der Waals surface area contributed by atoms with Gasteiger partial charge in [-0.2, -0.15) is 4.98 Å². The first-order chi connectivity index (χ1) is 20.8. The maximum atomic E-state index is 12.4. The van der Waals surface area contributed by atoms with E-state index in [-0.39, 0.29) is 12.0 Å². The van der Waals surface area contributed by atoms with Gasteiger partial charge in [-0.3, -0.25) is 5.32 Å². The summed E-state index contributed by atoms with van der Waals surface area (Å²) in [4.78, 5) is 36.6. The molecule has 0 unspecified atom stereocenters. The van der Waals surface area contributed by atoms with Crippen LogP contribution < -0.4 is 10.2 Å². The third kappa shape index (κ3) is 19.7. The molecule has 2 amide bonds. The minimum absolute atomic E-state index is 0.178. The van der Waals surface area contributed by atoms with Crippen LogP contribution in [0.25, 0.3) is 0 Å². The number of rotatable bonds is 25. The van der Waals surface area contributed by atoms with Gasteiger partial charge in [-0.1, -0.05) is 109 Å². The number of ether oxygens (including phenoxy) is 2. The summed E-state index contributed by atoms with van der Waals surface area (Å²) >= 11 is 0. The highest BCUT2D eigenvalue weighted by molar-refractivity contribution is 8.77. The lowest BCUT2D eigenvalue weighted by Gasteiger charge is -2.23. The number of carbonyl (C=O) groups is 2. The number of nitrogens with one attached hydrogen (secondary N) is 1. The van der Waals surface area contributed by atoms with Crippen LogP contribution in [0, 0.1) is 11.8 Å². The highest BCUT2D eigenvalue weighted by Gasteiger charge is 2.14. The number of anilines is 2. The third-order valence-corrected chi connectivity index (χ3v) is 12.0. The minimum atomic E-state index is -0.569. The molecule has 0 aliphatic carbocycles. The highest BCUT2D eigenvalue weighted by Crippen LogP contribution is 2.28. The first kappa shape index (κ1) is 39.8. The van der Waals surface area contributed by atoms with Crippen LogP contribution in [-0.4, -0.2) is 90.5 Å². The van der Waals surface area contributed by atoms with Crippen LogP contribution in [0.5, 0.6) is 0 Å². The Labute approximate surface area is 276 Å². The van der Waals surface area contributed by atoms with Gasteiger partial charge >= 0.3 is 12.2 Å². The summed E-state index contributed by atoms with van der Waals surface area (Å²) in [7, 11) is 10.9. The van der Waals surface area contributed by atoms with Crippen molar-refractivity contribution in [3.05, 3.63) is 12.3 Å². The SMILES string of the molecule is CCCC[C@H](CC)CSSCCOC(=O)Nc1nccc(N(C)CCN(C)C(=O)OCCSSC[C@@H](CC)CCCC)n1. The Morgan fingerprint density at radius 1 is 0.860 bits per heavy atom. The summed E-state index contributed by atoms with van der Waals surface area (Å²) in [5, 5.41) is 2.60. The normalized spacial score (nSPS) is 12.4. The van der Waals surface area contributed by atoms with Gasteiger partial charge < -0.3 is 19.3 Å². The molecule has 1 rings (SSSR count). The largest absolute Gasteiger partial charge is 0.449 e. The Morgan fingerprint density at radius 2 is 1.44 bits per heavy atom. The molecule has 1 heterocycles. The molecule has 13 heteroatoms. The zero-order chi connectivity index (χ0) is 31.7. The molecule has 43 heavy (non-hydrogen) atoms. The summed E-state index contributed by atoms with van der Waals surface area (Å²) in [5.41, 5.74) is 0. The topological polar surface area (TPSA) is 96.9 Å². The molecule has 1 aromatic rings. The van der Waals surface area contributed by atoms with Gasteiger partial charge in [-0.15, -0.1) is 0 Å². The molecular formula is C30H55N5O4S4. The standard InChI is InChI=1S/C30H55N5O4S4/c1-7-11-13-25(9-3)23-42-40-21-19-38-29(36)33-28-31-16-15-27(32-28)34(5)17-18-35(6)30(37)39-20-22-41-43-24-26(10-4)14-12-8-2/h15-16,25-26H,7-14,17-24H2,1-6H3,(H,31,32,33,36)/t25-,26-/m0/s1. The Kier molecular flexibility index (Phi) is 24.2. The fraction of sp³-hybridized carbons (Fsp3) is 0.800. The quantitative estimate of drug-likeness (QED) is 0.0795.